The van der Waals surface area contributed by atoms with Crippen molar-refractivity contribution in [3.05, 3.63) is 54.1 Å². The standard InChI is InChI=1S/C19H21NO5/c1-2-24-16-11-7-15(8-12-16)20-19(23)14-5-9-17(10-6-14)25-13-3-4-18(21)22/h5-12H,2-4,13H2,1H3,(H,20,23)(H,21,22). The van der Waals surface area contributed by atoms with Gasteiger partial charge in [0.15, 0.2) is 0 Å². The van der Waals surface area contributed by atoms with Gasteiger partial charge in [-0.3, -0.25) is 9.59 Å². The number of benzene rings is 2. The fraction of sp³-hybridized carbons (Fsp3) is 0.263. The summed E-state index contributed by atoms with van der Waals surface area (Å²) in [5.41, 5.74) is 1.19. The van der Waals surface area contributed by atoms with Crippen LogP contribution in [-0.4, -0.2) is 30.2 Å². The van der Waals surface area contributed by atoms with Crippen LogP contribution in [0.25, 0.3) is 0 Å². The molecule has 0 bridgehead atoms. The van der Waals surface area contributed by atoms with Crippen molar-refractivity contribution in [3.63, 3.8) is 0 Å². The number of hydrogen-bond acceptors (Lipinski definition) is 4. The van der Waals surface area contributed by atoms with Crippen molar-refractivity contribution in [2.75, 3.05) is 18.5 Å². The predicted octanol–water partition coefficient (Wildman–Crippen LogP) is 3.58. The lowest BCUT2D eigenvalue weighted by Gasteiger charge is -2.08. The van der Waals surface area contributed by atoms with Crippen LogP contribution in [0.1, 0.15) is 30.1 Å². The summed E-state index contributed by atoms with van der Waals surface area (Å²) in [6.07, 6.45) is 0.512. The van der Waals surface area contributed by atoms with Gasteiger partial charge in [-0.2, -0.15) is 0 Å². The van der Waals surface area contributed by atoms with E-state index in [1.165, 1.54) is 0 Å². The number of carboxylic acids is 1. The van der Waals surface area contributed by atoms with Crippen molar-refractivity contribution >= 4 is 17.6 Å². The molecule has 132 valence electrons. The molecular weight excluding hydrogens is 322 g/mol. The molecule has 0 saturated carbocycles. The third-order valence-corrected chi connectivity index (χ3v) is 3.34. The monoisotopic (exact) mass is 343 g/mol. The normalized spacial score (nSPS) is 10.1. The summed E-state index contributed by atoms with van der Waals surface area (Å²) in [5.74, 6) is 0.291. The highest BCUT2D eigenvalue weighted by Crippen LogP contribution is 2.18. The van der Waals surface area contributed by atoms with Gasteiger partial charge in [0.25, 0.3) is 5.91 Å². The van der Waals surface area contributed by atoms with Crippen LogP contribution < -0.4 is 14.8 Å². The predicted molar refractivity (Wildman–Crippen MR) is 94.4 cm³/mol. The van der Waals surface area contributed by atoms with Crippen LogP contribution >= 0.6 is 0 Å². The molecule has 0 fully saturated rings. The maximum atomic E-state index is 12.2. The Morgan fingerprint density at radius 2 is 1.56 bits per heavy atom. The van der Waals surface area contributed by atoms with Gasteiger partial charge in [0.1, 0.15) is 11.5 Å². The summed E-state index contributed by atoms with van der Waals surface area (Å²) in [4.78, 5) is 22.6. The van der Waals surface area contributed by atoms with Crippen molar-refractivity contribution in [2.45, 2.75) is 19.8 Å². The van der Waals surface area contributed by atoms with Crippen molar-refractivity contribution in [2.24, 2.45) is 0 Å². The van der Waals surface area contributed by atoms with E-state index >= 15 is 0 Å². The van der Waals surface area contributed by atoms with E-state index in [4.69, 9.17) is 14.6 Å². The van der Waals surface area contributed by atoms with Crippen LogP contribution in [0.2, 0.25) is 0 Å². The molecule has 0 unspecified atom stereocenters. The Bertz CT molecular complexity index is 695. The number of hydrogen-bond donors (Lipinski definition) is 2. The van der Waals surface area contributed by atoms with Crippen LogP contribution in [0.15, 0.2) is 48.5 Å². The molecule has 1 amide bonds. The first-order valence-electron chi connectivity index (χ1n) is 8.07. The first-order chi connectivity index (χ1) is 12.1. The van der Waals surface area contributed by atoms with Crippen LogP contribution in [0, 0.1) is 0 Å². The van der Waals surface area contributed by atoms with Crippen LogP contribution in [-0.2, 0) is 4.79 Å². The number of nitrogens with one attached hydrogen (secondary N) is 1. The number of aliphatic carboxylic acids is 1. The minimum atomic E-state index is -0.843. The zero-order valence-electron chi connectivity index (χ0n) is 14.0. The largest absolute Gasteiger partial charge is 0.494 e. The molecular formula is C19H21NO5. The van der Waals surface area contributed by atoms with Crippen LogP contribution in [0.4, 0.5) is 5.69 Å². The van der Waals surface area contributed by atoms with Crippen molar-refractivity contribution in [1.29, 1.82) is 0 Å². The SMILES string of the molecule is CCOc1ccc(NC(=O)c2ccc(OCCCC(=O)O)cc2)cc1. The lowest BCUT2D eigenvalue weighted by molar-refractivity contribution is -0.137. The van der Waals surface area contributed by atoms with Crippen molar-refractivity contribution < 1.29 is 24.2 Å². The second-order valence-electron chi connectivity index (χ2n) is 5.28. The van der Waals surface area contributed by atoms with Crippen molar-refractivity contribution in [1.82, 2.24) is 0 Å². The molecule has 0 heterocycles. The molecule has 2 rings (SSSR count). The third-order valence-electron chi connectivity index (χ3n) is 3.34. The Balaban J connectivity index is 1.86. The lowest BCUT2D eigenvalue weighted by atomic mass is 10.2. The van der Waals surface area contributed by atoms with Crippen LogP contribution in [0.3, 0.4) is 0 Å². The highest BCUT2D eigenvalue weighted by atomic mass is 16.5. The number of ether oxygens (including phenoxy) is 2. The minimum Gasteiger partial charge on any atom is -0.494 e. The molecule has 0 aliphatic carbocycles. The topological polar surface area (TPSA) is 84.9 Å². The van der Waals surface area contributed by atoms with E-state index in [0.717, 1.165) is 5.75 Å². The Hall–Kier alpha value is -3.02. The summed E-state index contributed by atoms with van der Waals surface area (Å²) in [6, 6.07) is 13.9. The molecule has 2 aromatic carbocycles. The minimum absolute atomic E-state index is 0.0720. The summed E-state index contributed by atoms with van der Waals surface area (Å²) >= 11 is 0. The van der Waals surface area contributed by atoms with Gasteiger partial charge in [0, 0.05) is 17.7 Å². The molecule has 0 spiro atoms. The number of rotatable bonds is 9. The maximum absolute atomic E-state index is 12.2. The molecule has 2 aromatic rings. The molecule has 25 heavy (non-hydrogen) atoms. The number of carbonyl (C=O) groups excluding carboxylic acids is 1. The Labute approximate surface area is 146 Å². The second kappa shape index (κ2) is 9.32. The van der Waals surface area contributed by atoms with Gasteiger partial charge in [0.2, 0.25) is 0 Å². The smallest absolute Gasteiger partial charge is 0.303 e. The number of carbonyl (C=O) groups is 2. The van der Waals surface area contributed by atoms with E-state index < -0.39 is 5.97 Å². The van der Waals surface area contributed by atoms with Gasteiger partial charge in [-0.15, -0.1) is 0 Å². The van der Waals surface area contributed by atoms with E-state index in [-0.39, 0.29) is 12.3 Å². The first kappa shape index (κ1) is 18.3. The molecule has 6 heteroatoms. The summed E-state index contributed by atoms with van der Waals surface area (Å²) in [5, 5.41) is 11.4. The van der Waals surface area contributed by atoms with E-state index in [1.807, 2.05) is 6.92 Å². The van der Waals surface area contributed by atoms with Gasteiger partial charge in [0.05, 0.1) is 13.2 Å². The van der Waals surface area contributed by atoms with E-state index in [1.54, 1.807) is 48.5 Å². The fourth-order valence-electron chi connectivity index (χ4n) is 2.12. The van der Waals surface area contributed by atoms with E-state index in [0.29, 0.717) is 36.6 Å². The highest BCUT2D eigenvalue weighted by molar-refractivity contribution is 6.04. The third kappa shape index (κ3) is 6.18. The molecule has 0 aliphatic heterocycles. The summed E-state index contributed by atoms with van der Waals surface area (Å²) < 4.78 is 10.8. The van der Waals surface area contributed by atoms with E-state index in [2.05, 4.69) is 5.32 Å². The molecule has 6 nitrogen and oxygen atoms in total. The summed E-state index contributed by atoms with van der Waals surface area (Å²) in [6.45, 7) is 2.83. The average Bonchev–Trinajstić information content (AvgIpc) is 2.61. The van der Waals surface area contributed by atoms with Gasteiger partial charge >= 0.3 is 5.97 Å². The van der Waals surface area contributed by atoms with Gasteiger partial charge in [-0.05, 0) is 61.9 Å². The van der Waals surface area contributed by atoms with Crippen LogP contribution in [0.5, 0.6) is 11.5 Å². The van der Waals surface area contributed by atoms with Crippen molar-refractivity contribution in [3.8, 4) is 11.5 Å². The molecule has 0 radical (unpaired) electrons. The Morgan fingerprint density at radius 3 is 2.16 bits per heavy atom. The lowest BCUT2D eigenvalue weighted by Crippen LogP contribution is -2.11. The number of carboxylic acid groups (broad SMARTS) is 1. The molecule has 0 atom stereocenters. The summed E-state index contributed by atoms with van der Waals surface area (Å²) in [7, 11) is 0. The number of anilines is 1. The molecule has 0 saturated heterocycles. The zero-order valence-corrected chi connectivity index (χ0v) is 14.0. The maximum Gasteiger partial charge on any atom is 0.303 e. The quantitative estimate of drug-likeness (QED) is 0.680. The Morgan fingerprint density at radius 1 is 0.960 bits per heavy atom. The zero-order chi connectivity index (χ0) is 18.1. The molecule has 0 aromatic heterocycles. The number of amides is 1. The fourth-order valence-corrected chi connectivity index (χ4v) is 2.12. The Kier molecular flexibility index (Phi) is 6.83. The molecule has 0 aliphatic rings. The van der Waals surface area contributed by atoms with Gasteiger partial charge in [-0.1, -0.05) is 0 Å². The average molecular weight is 343 g/mol. The second-order valence-corrected chi connectivity index (χ2v) is 5.28. The highest BCUT2D eigenvalue weighted by Gasteiger charge is 2.07. The van der Waals surface area contributed by atoms with Gasteiger partial charge in [-0.25, -0.2) is 0 Å². The molecule has 2 N–H and O–H groups in total. The van der Waals surface area contributed by atoms with E-state index in [9.17, 15) is 9.59 Å². The van der Waals surface area contributed by atoms with Gasteiger partial charge < -0.3 is 19.9 Å². The first-order valence-corrected chi connectivity index (χ1v) is 8.07.